The van der Waals surface area contributed by atoms with E-state index in [1.54, 1.807) is 0 Å². The molecule has 2 atom stereocenters. The van der Waals surface area contributed by atoms with E-state index in [1.165, 1.54) is 5.56 Å². The van der Waals surface area contributed by atoms with Gasteiger partial charge in [-0.1, -0.05) is 53.2 Å². The van der Waals surface area contributed by atoms with E-state index in [1.807, 2.05) is 26.8 Å². The van der Waals surface area contributed by atoms with Gasteiger partial charge in [-0.15, -0.1) is 0 Å². The number of halogens is 1. The molecular weight excluding hydrogens is 348 g/mol. The van der Waals surface area contributed by atoms with Crippen LogP contribution in [-0.2, 0) is 13.3 Å². The summed E-state index contributed by atoms with van der Waals surface area (Å²) in [6.45, 7) is 9.95. The number of hydrogen-bond donors (Lipinski definition) is 0. The van der Waals surface area contributed by atoms with Gasteiger partial charge < -0.3 is 13.3 Å². The Morgan fingerprint density at radius 3 is 1.76 bits per heavy atom. The molecule has 0 spiro atoms. The first-order valence-corrected chi connectivity index (χ1v) is 10.5. The minimum absolute atomic E-state index is 0.0530. The molecule has 5 heteroatoms. The van der Waals surface area contributed by atoms with Crippen molar-refractivity contribution < 1.29 is 13.3 Å². The van der Waals surface area contributed by atoms with Gasteiger partial charge in [0.15, 0.2) is 0 Å². The zero-order chi connectivity index (χ0) is 15.7. The molecule has 0 aliphatic rings. The van der Waals surface area contributed by atoms with Crippen LogP contribution in [0, 0.1) is 0 Å². The van der Waals surface area contributed by atoms with Gasteiger partial charge in [-0.3, -0.25) is 0 Å². The molecule has 0 aromatic heterocycles. The standard InChI is InChI=1S/C16H27BrO3Si/c1-5-15(14-12-10-9-11-13-14)16(17)21(18-6-2,19-7-3)20-8-4/h9-13,15-16H,5-8H2,1-4H3. The van der Waals surface area contributed by atoms with E-state index >= 15 is 0 Å². The molecule has 0 aliphatic heterocycles. The summed E-state index contributed by atoms with van der Waals surface area (Å²) in [7, 11) is -2.75. The van der Waals surface area contributed by atoms with Crippen molar-refractivity contribution in [1.29, 1.82) is 0 Å². The number of alkyl halides is 1. The van der Waals surface area contributed by atoms with Gasteiger partial charge >= 0.3 is 8.80 Å². The average Bonchev–Trinajstić information content (AvgIpc) is 2.49. The van der Waals surface area contributed by atoms with Crippen molar-refractivity contribution in [3.05, 3.63) is 35.9 Å². The van der Waals surface area contributed by atoms with E-state index in [4.69, 9.17) is 13.3 Å². The van der Waals surface area contributed by atoms with Crippen LogP contribution in [0.3, 0.4) is 0 Å². The number of hydrogen-bond acceptors (Lipinski definition) is 3. The maximum Gasteiger partial charge on any atom is 0.515 e. The lowest BCUT2D eigenvalue weighted by atomic mass is 9.99. The monoisotopic (exact) mass is 374 g/mol. The van der Waals surface area contributed by atoms with E-state index in [2.05, 4.69) is 47.1 Å². The highest BCUT2D eigenvalue weighted by molar-refractivity contribution is 9.10. The van der Waals surface area contributed by atoms with Gasteiger partial charge in [0.2, 0.25) is 0 Å². The van der Waals surface area contributed by atoms with Gasteiger partial charge in [0.1, 0.15) is 0 Å². The minimum atomic E-state index is -2.75. The lowest BCUT2D eigenvalue weighted by Crippen LogP contribution is -2.56. The average molecular weight is 375 g/mol. The van der Waals surface area contributed by atoms with Gasteiger partial charge in [0.05, 0.1) is 4.45 Å². The van der Waals surface area contributed by atoms with Crippen molar-refractivity contribution >= 4 is 24.7 Å². The smallest absolute Gasteiger partial charge is 0.373 e. The summed E-state index contributed by atoms with van der Waals surface area (Å²) in [6, 6.07) is 10.5. The van der Waals surface area contributed by atoms with Gasteiger partial charge in [0, 0.05) is 25.7 Å². The molecule has 0 fully saturated rings. The highest BCUT2D eigenvalue weighted by Crippen LogP contribution is 2.36. The van der Waals surface area contributed by atoms with Crippen LogP contribution in [0.25, 0.3) is 0 Å². The lowest BCUT2D eigenvalue weighted by molar-refractivity contribution is 0.0678. The van der Waals surface area contributed by atoms with Crippen LogP contribution in [0.1, 0.15) is 45.6 Å². The third-order valence-electron chi connectivity index (χ3n) is 3.40. The summed E-state index contributed by atoms with van der Waals surface area (Å²) in [4.78, 5) is 0. The Kier molecular flexibility index (Phi) is 8.74. The second-order valence-electron chi connectivity index (χ2n) is 4.73. The van der Waals surface area contributed by atoms with Crippen molar-refractivity contribution in [3.63, 3.8) is 0 Å². The van der Waals surface area contributed by atoms with Crippen LogP contribution in [0.5, 0.6) is 0 Å². The van der Waals surface area contributed by atoms with Crippen molar-refractivity contribution in [1.82, 2.24) is 0 Å². The zero-order valence-corrected chi connectivity index (χ0v) is 16.1. The third kappa shape index (κ3) is 4.89. The van der Waals surface area contributed by atoms with E-state index < -0.39 is 8.80 Å². The molecule has 1 aromatic rings. The van der Waals surface area contributed by atoms with Gasteiger partial charge in [0.25, 0.3) is 0 Å². The minimum Gasteiger partial charge on any atom is -0.373 e. The van der Waals surface area contributed by atoms with Gasteiger partial charge in [-0.2, -0.15) is 0 Å². The van der Waals surface area contributed by atoms with Crippen LogP contribution in [0.4, 0.5) is 0 Å². The van der Waals surface area contributed by atoms with E-state index in [-0.39, 0.29) is 4.45 Å². The van der Waals surface area contributed by atoms with Gasteiger partial charge in [-0.05, 0) is 32.8 Å². The lowest BCUT2D eigenvalue weighted by Gasteiger charge is -2.36. The van der Waals surface area contributed by atoms with Crippen LogP contribution in [0.15, 0.2) is 30.3 Å². The Balaban J connectivity index is 3.08. The Labute approximate surface area is 138 Å². The van der Waals surface area contributed by atoms with Crippen molar-refractivity contribution in [2.75, 3.05) is 19.8 Å². The molecular formula is C16H27BrO3Si. The SMILES string of the molecule is CCO[Si](OCC)(OCC)C(Br)C(CC)c1ccccc1. The zero-order valence-electron chi connectivity index (χ0n) is 13.5. The maximum absolute atomic E-state index is 6.02. The molecule has 120 valence electrons. The van der Waals surface area contributed by atoms with Crippen molar-refractivity contribution in [3.8, 4) is 0 Å². The number of rotatable bonds is 10. The maximum atomic E-state index is 6.02. The van der Waals surface area contributed by atoms with Gasteiger partial charge in [-0.25, -0.2) is 0 Å². The normalized spacial score (nSPS) is 14.9. The number of benzene rings is 1. The molecule has 21 heavy (non-hydrogen) atoms. The molecule has 2 unspecified atom stereocenters. The summed E-state index contributed by atoms with van der Waals surface area (Å²) >= 11 is 3.85. The Hall–Kier alpha value is -0.203. The molecule has 1 aromatic carbocycles. The molecule has 0 radical (unpaired) electrons. The second kappa shape index (κ2) is 9.74. The molecule has 0 saturated heterocycles. The van der Waals surface area contributed by atoms with Crippen LogP contribution < -0.4 is 0 Å². The highest BCUT2D eigenvalue weighted by atomic mass is 79.9. The van der Waals surface area contributed by atoms with Crippen molar-refractivity contribution in [2.45, 2.75) is 44.5 Å². The summed E-state index contributed by atoms with van der Waals surface area (Å²) in [5.74, 6) is 0.308. The summed E-state index contributed by atoms with van der Waals surface area (Å²) in [5.41, 5.74) is 1.29. The predicted molar refractivity (Wildman–Crippen MR) is 92.8 cm³/mol. The Bertz CT molecular complexity index is 371. The largest absolute Gasteiger partial charge is 0.515 e. The molecule has 0 heterocycles. The summed E-state index contributed by atoms with van der Waals surface area (Å²) < 4.78 is 18.1. The first-order chi connectivity index (χ1) is 10.1. The van der Waals surface area contributed by atoms with Crippen LogP contribution >= 0.6 is 15.9 Å². The van der Waals surface area contributed by atoms with E-state index in [0.29, 0.717) is 25.7 Å². The fourth-order valence-corrected chi connectivity index (χ4v) is 7.25. The summed E-state index contributed by atoms with van der Waals surface area (Å²) in [5, 5.41) is 0. The molecule has 0 bridgehead atoms. The van der Waals surface area contributed by atoms with E-state index in [0.717, 1.165) is 6.42 Å². The quantitative estimate of drug-likeness (QED) is 0.444. The molecule has 0 amide bonds. The fraction of sp³-hybridized carbons (Fsp3) is 0.625. The molecule has 0 aliphatic carbocycles. The van der Waals surface area contributed by atoms with Crippen LogP contribution in [-0.4, -0.2) is 33.1 Å². The third-order valence-corrected chi connectivity index (χ3v) is 8.87. The molecule has 0 saturated carbocycles. The molecule has 3 nitrogen and oxygen atoms in total. The Morgan fingerprint density at radius 2 is 1.38 bits per heavy atom. The van der Waals surface area contributed by atoms with Crippen LogP contribution in [0.2, 0.25) is 0 Å². The van der Waals surface area contributed by atoms with Crippen molar-refractivity contribution in [2.24, 2.45) is 0 Å². The molecule has 0 N–H and O–H groups in total. The second-order valence-corrected chi connectivity index (χ2v) is 9.26. The fourth-order valence-electron chi connectivity index (χ4n) is 2.53. The summed E-state index contributed by atoms with van der Waals surface area (Å²) in [6.07, 6.45) is 1.00. The first kappa shape index (κ1) is 18.8. The first-order valence-electron chi connectivity index (χ1n) is 7.75. The highest BCUT2D eigenvalue weighted by Gasteiger charge is 2.51. The van der Waals surface area contributed by atoms with E-state index in [9.17, 15) is 0 Å². The topological polar surface area (TPSA) is 27.7 Å². The Morgan fingerprint density at radius 1 is 0.905 bits per heavy atom. The predicted octanol–water partition coefficient (Wildman–Crippen LogP) is 4.53. The molecule has 1 rings (SSSR count).